The summed E-state index contributed by atoms with van der Waals surface area (Å²) in [6, 6.07) is -0.271. The Morgan fingerprint density at radius 2 is 0.975 bits per heavy atom. The number of amides is 6. The lowest BCUT2D eigenvalue weighted by Crippen LogP contribution is -2.50. The first-order valence-electron chi connectivity index (χ1n) is 15.3. The summed E-state index contributed by atoms with van der Waals surface area (Å²) in [7, 11) is 3.62. The number of hydrogen-bond donors (Lipinski definition) is 2. The van der Waals surface area contributed by atoms with Crippen LogP contribution in [0.25, 0.3) is 0 Å². The Balaban J connectivity index is 0.000000161. The average molecular weight is 563 g/mol. The summed E-state index contributed by atoms with van der Waals surface area (Å²) in [5.41, 5.74) is 5.18. The van der Waals surface area contributed by atoms with E-state index in [1.165, 1.54) is 38.5 Å². The number of carbonyl (C=O) groups excluding carboxylic acids is 4. The van der Waals surface area contributed by atoms with E-state index in [-0.39, 0.29) is 60.3 Å². The van der Waals surface area contributed by atoms with Gasteiger partial charge >= 0.3 is 12.1 Å². The second kappa shape index (κ2) is 12.9. The monoisotopic (exact) mass is 562 g/mol. The Morgan fingerprint density at radius 1 is 0.600 bits per heavy atom. The normalized spacial score (nSPS) is 30.8. The molecule has 0 radical (unpaired) electrons. The maximum atomic E-state index is 12.2. The molecule has 12 nitrogen and oxygen atoms in total. The zero-order valence-corrected chi connectivity index (χ0v) is 24.0. The van der Waals surface area contributed by atoms with Crippen LogP contribution in [0.5, 0.6) is 0 Å². The van der Waals surface area contributed by atoms with Crippen LogP contribution in [0.15, 0.2) is 0 Å². The lowest BCUT2D eigenvalue weighted by molar-refractivity contribution is -0.145. The first-order chi connectivity index (χ1) is 19.3. The predicted molar refractivity (Wildman–Crippen MR) is 146 cm³/mol. The molecule has 0 unspecified atom stereocenters. The van der Waals surface area contributed by atoms with Crippen LogP contribution in [0.4, 0.5) is 9.59 Å². The van der Waals surface area contributed by atoms with Crippen molar-refractivity contribution in [1.29, 1.82) is 0 Å². The summed E-state index contributed by atoms with van der Waals surface area (Å²) in [5, 5.41) is 0. The van der Waals surface area contributed by atoms with E-state index in [1.807, 2.05) is 14.1 Å². The maximum Gasteiger partial charge on any atom is 0.320 e. The van der Waals surface area contributed by atoms with Gasteiger partial charge in [-0.25, -0.2) is 20.5 Å². The summed E-state index contributed by atoms with van der Waals surface area (Å²) >= 11 is 0. The molecule has 6 amide bonds. The number of likely N-dealkylation sites (N-methyl/N-ethyl adjacent to an activating group) is 2. The van der Waals surface area contributed by atoms with Crippen molar-refractivity contribution in [1.82, 2.24) is 30.6 Å². The quantitative estimate of drug-likeness (QED) is 0.480. The Labute approximate surface area is 236 Å². The third kappa shape index (κ3) is 6.32. The van der Waals surface area contributed by atoms with Crippen molar-refractivity contribution in [3.63, 3.8) is 0 Å². The number of piperidine rings is 2. The SMILES string of the molecule is CN1C(=O)N2C[C@H]1CC[C@H]2C(=O)NOC1CCCCC1.CN1C(=O)N2C[C@H]1CC[C@H]2C(=O)NOC1CCCCC1. The topological polar surface area (TPSA) is 124 Å². The minimum atomic E-state index is -0.368. The van der Waals surface area contributed by atoms with E-state index >= 15 is 0 Å². The van der Waals surface area contributed by atoms with Gasteiger partial charge in [0.15, 0.2) is 0 Å². The van der Waals surface area contributed by atoms with Gasteiger partial charge in [-0.2, -0.15) is 0 Å². The van der Waals surface area contributed by atoms with Crippen LogP contribution >= 0.6 is 0 Å². The molecule has 4 heterocycles. The number of carbonyl (C=O) groups is 4. The molecular formula is C28H46N6O6. The zero-order chi connectivity index (χ0) is 28.2. The van der Waals surface area contributed by atoms with E-state index in [0.717, 1.165) is 51.4 Å². The number of urea groups is 2. The molecule has 224 valence electrons. The highest BCUT2D eigenvalue weighted by atomic mass is 16.7. The zero-order valence-electron chi connectivity index (χ0n) is 24.0. The van der Waals surface area contributed by atoms with Gasteiger partial charge in [0.2, 0.25) is 0 Å². The summed E-state index contributed by atoms with van der Waals surface area (Å²) < 4.78 is 0. The van der Waals surface area contributed by atoms with Crippen molar-refractivity contribution < 1.29 is 28.9 Å². The van der Waals surface area contributed by atoms with E-state index in [0.29, 0.717) is 13.1 Å². The van der Waals surface area contributed by atoms with Crippen molar-refractivity contribution in [2.45, 2.75) is 126 Å². The van der Waals surface area contributed by atoms with Crippen LogP contribution in [0.2, 0.25) is 0 Å². The fourth-order valence-corrected chi connectivity index (χ4v) is 7.01. The Morgan fingerprint density at radius 3 is 1.35 bits per heavy atom. The molecule has 4 saturated heterocycles. The molecule has 0 aromatic heterocycles. The molecule has 6 fully saturated rings. The summed E-state index contributed by atoms with van der Waals surface area (Å²) in [4.78, 5) is 66.4. The molecule has 0 aromatic carbocycles. The second-order valence-corrected chi connectivity index (χ2v) is 12.3. The molecule has 4 bridgehead atoms. The molecule has 4 atom stereocenters. The number of nitrogens with one attached hydrogen (secondary N) is 2. The molecule has 2 N–H and O–H groups in total. The minimum absolute atomic E-state index is 0.0367. The number of hydrogen-bond acceptors (Lipinski definition) is 6. The van der Waals surface area contributed by atoms with Gasteiger partial charge in [-0.05, 0) is 51.4 Å². The van der Waals surface area contributed by atoms with Crippen LogP contribution in [0.1, 0.15) is 89.9 Å². The van der Waals surface area contributed by atoms with Gasteiger partial charge in [0, 0.05) is 27.2 Å². The highest BCUT2D eigenvalue weighted by Gasteiger charge is 2.46. The Hall–Kier alpha value is -2.60. The van der Waals surface area contributed by atoms with Crippen molar-refractivity contribution in [2.75, 3.05) is 27.2 Å². The summed E-state index contributed by atoms with van der Waals surface area (Å²) in [6.07, 6.45) is 14.7. The fourth-order valence-electron chi connectivity index (χ4n) is 7.01. The number of nitrogens with zero attached hydrogens (tertiary/aromatic N) is 4. The van der Waals surface area contributed by atoms with E-state index in [2.05, 4.69) is 11.0 Å². The van der Waals surface area contributed by atoms with E-state index in [9.17, 15) is 19.2 Å². The van der Waals surface area contributed by atoms with Crippen molar-refractivity contribution >= 4 is 23.9 Å². The van der Waals surface area contributed by atoms with Crippen LogP contribution in [-0.2, 0) is 19.3 Å². The van der Waals surface area contributed by atoms with Gasteiger partial charge in [-0.1, -0.05) is 38.5 Å². The molecule has 12 heteroatoms. The molecule has 2 aliphatic carbocycles. The molecule has 0 aromatic rings. The predicted octanol–water partition coefficient (Wildman–Crippen LogP) is 2.53. The van der Waals surface area contributed by atoms with Crippen molar-refractivity contribution in [2.24, 2.45) is 0 Å². The second-order valence-electron chi connectivity index (χ2n) is 12.3. The molecule has 40 heavy (non-hydrogen) atoms. The fraction of sp³-hybridized carbons (Fsp3) is 0.857. The van der Waals surface area contributed by atoms with Crippen LogP contribution < -0.4 is 11.0 Å². The van der Waals surface area contributed by atoms with Crippen LogP contribution in [-0.4, -0.2) is 107 Å². The lowest BCUT2D eigenvalue weighted by Gasteiger charge is -2.30. The molecule has 6 aliphatic rings. The molecule has 0 spiro atoms. The van der Waals surface area contributed by atoms with Gasteiger partial charge in [-0.3, -0.25) is 19.3 Å². The Bertz CT molecular complexity index is 864. The van der Waals surface area contributed by atoms with Crippen molar-refractivity contribution in [3.05, 3.63) is 0 Å². The van der Waals surface area contributed by atoms with Gasteiger partial charge in [0.25, 0.3) is 11.8 Å². The summed E-state index contributed by atoms with van der Waals surface area (Å²) in [5.74, 6) is -0.338. The smallest absolute Gasteiger partial charge is 0.320 e. The standard InChI is InChI=1S/2C14H23N3O3/c2*1-16-10-7-8-12(17(9-10)14(16)19)13(18)15-20-11-5-3-2-4-6-11/h2*10-12H,2-9H2,1H3,(H,15,18)/t2*10-,12+/m11/s1. The largest absolute Gasteiger partial charge is 0.323 e. The molecular weight excluding hydrogens is 516 g/mol. The van der Waals surface area contributed by atoms with Gasteiger partial charge in [0.1, 0.15) is 12.1 Å². The molecule has 4 aliphatic heterocycles. The van der Waals surface area contributed by atoms with Gasteiger partial charge in [-0.15, -0.1) is 0 Å². The Kier molecular flexibility index (Phi) is 9.34. The minimum Gasteiger partial charge on any atom is -0.323 e. The highest BCUT2D eigenvalue weighted by molar-refractivity contribution is 5.89. The maximum absolute atomic E-state index is 12.2. The number of rotatable bonds is 6. The van der Waals surface area contributed by atoms with Gasteiger partial charge in [0.05, 0.1) is 24.3 Å². The summed E-state index contributed by atoms with van der Waals surface area (Å²) in [6.45, 7) is 1.33. The van der Waals surface area contributed by atoms with Crippen LogP contribution in [0.3, 0.4) is 0 Å². The van der Waals surface area contributed by atoms with Gasteiger partial charge < -0.3 is 19.6 Å². The van der Waals surface area contributed by atoms with Crippen LogP contribution in [0, 0.1) is 0 Å². The third-order valence-electron chi connectivity index (χ3n) is 9.67. The number of hydroxylamine groups is 2. The highest BCUT2D eigenvalue weighted by Crippen LogP contribution is 2.30. The van der Waals surface area contributed by atoms with E-state index < -0.39 is 0 Å². The average Bonchev–Trinajstić information content (AvgIpc) is 3.35. The van der Waals surface area contributed by atoms with E-state index in [1.54, 1.807) is 19.6 Å². The first-order valence-corrected chi connectivity index (χ1v) is 15.3. The molecule has 2 saturated carbocycles. The number of fused-ring (bicyclic) bond motifs is 4. The third-order valence-corrected chi connectivity index (χ3v) is 9.67. The van der Waals surface area contributed by atoms with Crippen molar-refractivity contribution in [3.8, 4) is 0 Å². The first kappa shape index (κ1) is 28.9. The lowest BCUT2D eigenvalue weighted by atomic mass is 9.98. The molecule has 6 rings (SSSR count). The van der Waals surface area contributed by atoms with E-state index in [4.69, 9.17) is 9.68 Å².